The van der Waals surface area contributed by atoms with Crippen LogP contribution >= 0.6 is 11.6 Å². The lowest BCUT2D eigenvalue weighted by Gasteiger charge is -2.35. The fourth-order valence-electron chi connectivity index (χ4n) is 5.58. The molecule has 0 saturated carbocycles. The van der Waals surface area contributed by atoms with Crippen LogP contribution in [0.2, 0.25) is 5.02 Å². The van der Waals surface area contributed by atoms with E-state index in [4.69, 9.17) is 11.6 Å². The molecule has 4 atom stereocenters. The highest BCUT2D eigenvalue weighted by atomic mass is 35.5. The van der Waals surface area contributed by atoms with Crippen LogP contribution in [0.4, 0.5) is 17.1 Å². The van der Waals surface area contributed by atoms with Crippen molar-refractivity contribution < 1.29 is 19.3 Å². The number of nitrogens with one attached hydrogen (secondary N) is 1. The fourth-order valence-corrected chi connectivity index (χ4v) is 5.71. The lowest BCUT2D eigenvalue weighted by atomic mass is 9.84. The Morgan fingerprint density at radius 3 is 2.30 bits per heavy atom. The van der Waals surface area contributed by atoms with E-state index < -0.39 is 46.6 Å². The number of anilines is 2. The minimum atomic E-state index is -0.949. The number of halogens is 1. The van der Waals surface area contributed by atoms with Crippen LogP contribution < -0.4 is 10.2 Å². The maximum Gasteiger partial charge on any atom is 0.269 e. The molecule has 3 aromatic carbocycles. The SMILES string of the molecule is O=C(Nc1ccc(Cl)cc1)[C@@H]1[C@@H]2C(=O)N(c3ccc([N+](=O)[O-])cc3)C(=O)[C@@H]2[C@@H]2c3ccccc3C=CN12. The van der Waals surface area contributed by atoms with Crippen molar-refractivity contribution in [2.75, 3.05) is 10.2 Å². The summed E-state index contributed by atoms with van der Waals surface area (Å²) in [4.78, 5) is 54.7. The third-order valence-electron chi connectivity index (χ3n) is 7.16. The van der Waals surface area contributed by atoms with Gasteiger partial charge in [0.15, 0.2) is 0 Å². The van der Waals surface area contributed by atoms with Gasteiger partial charge in [-0.3, -0.25) is 24.5 Å². The molecule has 1 N–H and O–H groups in total. The highest BCUT2D eigenvalue weighted by Gasteiger charge is 2.64. The van der Waals surface area contributed by atoms with Gasteiger partial charge < -0.3 is 10.2 Å². The first-order valence-electron chi connectivity index (χ1n) is 11.6. The first-order chi connectivity index (χ1) is 17.8. The molecular formula is C27H19ClN4O5. The van der Waals surface area contributed by atoms with Gasteiger partial charge in [-0.15, -0.1) is 0 Å². The zero-order valence-corrected chi connectivity index (χ0v) is 19.9. The molecule has 3 amide bonds. The van der Waals surface area contributed by atoms with Crippen LogP contribution in [0.3, 0.4) is 0 Å². The highest BCUT2D eigenvalue weighted by molar-refractivity contribution is 6.30. The first-order valence-corrected chi connectivity index (χ1v) is 12.0. The molecule has 3 aliphatic rings. The molecule has 3 aliphatic heterocycles. The second-order valence-corrected chi connectivity index (χ2v) is 9.55. The van der Waals surface area contributed by atoms with Crippen LogP contribution in [-0.4, -0.2) is 33.6 Å². The molecule has 0 spiro atoms. The second kappa shape index (κ2) is 8.56. The molecule has 6 rings (SSSR count). The Bertz CT molecular complexity index is 1490. The Morgan fingerprint density at radius 2 is 1.59 bits per heavy atom. The van der Waals surface area contributed by atoms with Crippen molar-refractivity contribution >= 4 is 52.5 Å². The molecular weight excluding hydrogens is 496 g/mol. The van der Waals surface area contributed by atoms with Gasteiger partial charge in [-0.1, -0.05) is 35.9 Å². The lowest BCUT2D eigenvalue weighted by molar-refractivity contribution is -0.384. The molecule has 9 nitrogen and oxygen atoms in total. The number of rotatable bonds is 4. The van der Waals surface area contributed by atoms with E-state index in [0.717, 1.165) is 16.0 Å². The lowest BCUT2D eigenvalue weighted by Crippen LogP contribution is -2.46. The Kier molecular flexibility index (Phi) is 5.31. The van der Waals surface area contributed by atoms with Gasteiger partial charge in [0.1, 0.15) is 6.04 Å². The third-order valence-corrected chi connectivity index (χ3v) is 7.41. The van der Waals surface area contributed by atoms with E-state index in [0.29, 0.717) is 10.7 Å². The summed E-state index contributed by atoms with van der Waals surface area (Å²) in [6, 6.07) is 18.0. The molecule has 37 heavy (non-hydrogen) atoms. The number of hydrogen-bond acceptors (Lipinski definition) is 6. The van der Waals surface area contributed by atoms with Gasteiger partial charge in [-0.2, -0.15) is 0 Å². The molecule has 3 aromatic rings. The molecule has 184 valence electrons. The summed E-state index contributed by atoms with van der Waals surface area (Å²) in [7, 11) is 0. The van der Waals surface area contributed by atoms with E-state index in [1.54, 1.807) is 35.4 Å². The van der Waals surface area contributed by atoms with Crippen molar-refractivity contribution in [3.63, 3.8) is 0 Å². The number of non-ortho nitro benzene ring substituents is 1. The van der Waals surface area contributed by atoms with Crippen LogP contribution in [0.5, 0.6) is 0 Å². The molecule has 3 heterocycles. The van der Waals surface area contributed by atoms with Crippen molar-refractivity contribution in [1.82, 2.24) is 4.90 Å². The Labute approximate surface area is 216 Å². The number of nitrogens with zero attached hydrogens (tertiary/aromatic N) is 3. The minimum absolute atomic E-state index is 0.152. The van der Waals surface area contributed by atoms with Gasteiger partial charge in [-0.05, 0) is 53.6 Å². The molecule has 0 unspecified atom stereocenters. The van der Waals surface area contributed by atoms with Crippen LogP contribution in [0.15, 0.2) is 79.0 Å². The monoisotopic (exact) mass is 514 g/mol. The minimum Gasteiger partial charge on any atom is -0.357 e. The van der Waals surface area contributed by atoms with Crippen molar-refractivity contribution in [1.29, 1.82) is 0 Å². The maximum atomic E-state index is 13.8. The number of nitro benzene ring substituents is 1. The number of carbonyl (C=O) groups is 3. The van der Waals surface area contributed by atoms with E-state index in [9.17, 15) is 24.5 Å². The Balaban J connectivity index is 1.42. The summed E-state index contributed by atoms with van der Waals surface area (Å²) in [6.45, 7) is 0. The summed E-state index contributed by atoms with van der Waals surface area (Å²) < 4.78 is 0. The van der Waals surface area contributed by atoms with Gasteiger partial charge in [0.05, 0.1) is 28.5 Å². The summed E-state index contributed by atoms with van der Waals surface area (Å²) in [5.74, 6) is -3.13. The molecule has 0 radical (unpaired) electrons. The van der Waals surface area contributed by atoms with Gasteiger partial charge in [-0.25, -0.2) is 4.90 Å². The molecule has 0 aliphatic carbocycles. The van der Waals surface area contributed by atoms with Crippen LogP contribution in [-0.2, 0) is 14.4 Å². The zero-order chi connectivity index (χ0) is 25.8. The van der Waals surface area contributed by atoms with Crippen molar-refractivity contribution in [3.8, 4) is 0 Å². The molecule has 0 bridgehead atoms. The van der Waals surface area contributed by atoms with Gasteiger partial charge in [0, 0.05) is 29.0 Å². The predicted molar refractivity (Wildman–Crippen MR) is 136 cm³/mol. The van der Waals surface area contributed by atoms with E-state index >= 15 is 0 Å². The van der Waals surface area contributed by atoms with Crippen molar-refractivity contribution in [2.24, 2.45) is 11.8 Å². The highest BCUT2D eigenvalue weighted by Crippen LogP contribution is 2.53. The number of benzene rings is 3. The number of fused-ring (bicyclic) bond motifs is 5. The number of amides is 3. The largest absolute Gasteiger partial charge is 0.357 e. The van der Waals surface area contributed by atoms with E-state index in [-0.39, 0.29) is 11.4 Å². The fraction of sp³-hybridized carbons (Fsp3) is 0.148. The normalized spacial score (nSPS) is 23.5. The zero-order valence-electron chi connectivity index (χ0n) is 19.2. The molecule has 10 heteroatoms. The van der Waals surface area contributed by atoms with E-state index in [1.807, 2.05) is 30.3 Å². The standard InChI is InChI=1S/C27H19ClN4O5/c28-16-5-7-17(8-6-16)29-25(33)24-22-21(23-20-4-2-1-3-15(20)13-14-30(23)24)26(34)31(27(22)35)18-9-11-19(12-10-18)32(36)37/h1-14,21-24H,(H,29,33)/t21-,22+,23-,24-/m0/s1. The van der Waals surface area contributed by atoms with Crippen LogP contribution in [0.25, 0.3) is 6.08 Å². The average molecular weight is 515 g/mol. The third kappa shape index (κ3) is 3.58. The summed E-state index contributed by atoms with van der Waals surface area (Å²) in [5.41, 5.74) is 2.36. The number of carbonyl (C=O) groups excluding carboxylic acids is 3. The molecule has 2 fully saturated rings. The van der Waals surface area contributed by atoms with E-state index in [2.05, 4.69) is 5.32 Å². The van der Waals surface area contributed by atoms with Gasteiger partial charge >= 0.3 is 0 Å². The predicted octanol–water partition coefficient (Wildman–Crippen LogP) is 4.40. The van der Waals surface area contributed by atoms with Crippen LogP contribution in [0.1, 0.15) is 17.2 Å². The summed E-state index contributed by atoms with van der Waals surface area (Å²) in [6.07, 6.45) is 3.65. The number of nitro groups is 1. The van der Waals surface area contributed by atoms with Gasteiger partial charge in [0.25, 0.3) is 5.69 Å². The summed E-state index contributed by atoms with van der Waals surface area (Å²) in [5, 5.41) is 14.5. The van der Waals surface area contributed by atoms with Crippen molar-refractivity contribution in [3.05, 3.63) is 105 Å². The second-order valence-electron chi connectivity index (χ2n) is 9.11. The summed E-state index contributed by atoms with van der Waals surface area (Å²) >= 11 is 5.97. The number of imide groups is 1. The molecule has 0 aromatic heterocycles. The average Bonchev–Trinajstić information content (AvgIpc) is 3.38. The number of hydrogen-bond donors (Lipinski definition) is 1. The van der Waals surface area contributed by atoms with E-state index in [1.165, 1.54) is 24.3 Å². The van der Waals surface area contributed by atoms with Crippen LogP contribution in [0, 0.1) is 22.0 Å². The first kappa shape index (κ1) is 22.9. The van der Waals surface area contributed by atoms with Crippen molar-refractivity contribution in [2.45, 2.75) is 12.1 Å². The molecule has 2 saturated heterocycles. The quantitative estimate of drug-likeness (QED) is 0.313. The Morgan fingerprint density at radius 1 is 0.919 bits per heavy atom. The Hall–Kier alpha value is -4.50. The maximum absolute atomic E-state index is 13.8. The topological polar surface area (TPSA) is 113 Å². The smallest absolute Gasteiger partial charge is 0.269 e. The van der Waals surface area contributed by atoms with Gasteiger partial charge in [0.2, 0.25) is 17.7 Å².